The van der Waals surface area contributed by atoms with E-state index in [-0.39, 0.29) is 18.3 Å². The zero-order valence-electron chi connectivity index (χ0n) is 11.8. The van der Waals surface area contributed by atoms with Gasteiger partial charge in [-0.1, -0.05) is 12.1 Å². The number of piperidine rings is 1. The summed E-state index contributed by atoms with van der Waals surface area (Å²) in [4.78, 5) is 24.5. The molecule has 1 aromatic rings. The van der Waals surface area contributed by atoms with Gasteiger partial charge < -0.3 is 20.4 Å². The quantitative estimate of drug-likeness (QED) is 0.783. The van der Waals surface area contributed by atoms with Gasteiger partial charge >= 0.3 is 12.0 Å². The molecular weight excluding hydrogens is 272 g/mol. The van der Waals surface area contributed by atoms with Crippen LogP contribution in [0.5, 0.6) is 5.75 Å². The van der Waals surface area contributed by atoms with Crippen molar-refractivity contribution in [3.05, 3.63) is 29.8 Å². The van der Waals surface area contributed by atoms with Crippen molar-refractivity contribution in [2.45, 2.75) is 19.3 Å². The van der Waals surface area contributed by atoms with Crippen LogP contribution in [0.4, 0.5) is 4.79 Å². The lowest BCUT2D eigenvalue weighted by Crippen LogP contribution is -2.47. The standard InChI is InChI=1S/C15H20N2O4/c18-13-5-1-3-11(9-13)6-7-16-15(21)17-8-2-4-12(10-17)14(19)20/h1,3,5,9,12,18H,2,4,6-8,10H2,(H,16,21)(H,19,20). The van der Waals surface area contributed by atoms with E-state index in [1.807, 2.05) is 6.07 Å². The first-order valence-corrected chi connectivity index (χ1v) is 7.10. The van der Waals surface area contributed by atoms with Gasteiger partial charge in [0.1, 0.15) is 5.75 Å². The highest BCUT2D eigenvalue weighted by Crippen LogP contribution is 2.16. The van der Waals surface area contributed by atoms with Crippen LogP contribution in [0.3, 0.4) is 0 Å². The molecule has 114 valence electrons. The van der Waals surface area contributed by atoms with E-state index in [4.69, 9.17) is 5.11 Å². The van der Waals surface area contributed by atoms with E-state index in [1.54, 1.807) is 23.1 Å². The average molecular weight is 292 g/mol. The molecule has 0 aliphatic carbocycles. The number of carbonyl (C=O) groups is 2. The second-order valence-corrected chi connectivity index (χ2v) is 5.28. The van der Waals surface area contributed by atoms with Gasteiger partial charge in [-0.3, -0.25) is 4.79 Å². The molecule has 1 fully saturated rings. The third-order valence-electron chi connectivity index (χ3n) is 3.66. The molecule has 3 N–H and O–H groups in total. The first kappa shape index (κ1) is 15.2. The molecule has 6 nitrogen and oxygen atoms in total. The van der Waals surface area contributed by atoms with E-state index in [2.05, 4.69) is 5.32 Å². The Balaban J connectivity index is 1.78. The Labute approximate surface area is 123 Å². The van der Waals surface area contributed by atoms with Crippen molar-refractivity contribution >= 4 is 12.0 Å². The molecule has 0 saturated carbocycles. The van der Waals surface area contributed by atoms with Crippen LogP contribution in [0, 0.1) is 5.92 Å². The number of rotatable bonds is 4. The Bertz CT molecular complexity index is 518. The second kappa shape index (κ2) is 6.97. The predicted octanol–water partition coefficient (Wildman–Crippen LogP) is 1.44. The molecule has 0 bridgehead atoms. The summed E-state index contributed by atoms with van der Waals surface area (Å²) in [6, 6.07) is 6.68. The van der Waals surface area contributed by atoms with E-state index in [9.17, 15) is 14.7 Å². The van der Waals surface area contributed by atoms with Crippen molar-refractivity contribution in [3.63, 3.8) is 0 Å². The lowest BCUT2D eigenvalue weighted by Gasteiger charge is -2.30. The average Bonchev–Trinajstić information content (AvgIpc) is 2.47. The van der Waals surface area contributed by atoms with Crippen LogP contribution in [-0.2, 0) is 11.2 Å². The molecular formula is C15H20N2O4. The number of carboxylic acids is 1. The summed E-state index contributed by atoms with van der Waals surface area (Å²) >= 11 is 0. The summed E-state index contributed by atoms with van der Waals surface area (Å²) in [5, 5.41) is 21.2. The Morgan fingerprint density at radius 2 is 2.19 bits per heavy atom. The molecule has 1 aliphatic heterocycles. The van der Waals surface area contributed by atoms with Gasteiger partial charge in [0.25, 0.3) is 0 Å². The molecule has 1 unspecified atom stereocenters. The smallest absolute Gasteiger partial charge is 0.317 e. The van der Waals surface area contributed by atoms with Crippen molar-refractivity contribution in [1.29, 1.82) is 0 Å². The lowest BCUT2D eigenvalue weighted by molar-refractivity contribution is -0.143. The molecule has 1 heterocycles. The summed E-state index contributed by atoms with van der Waals surface area (Å²) in [7, 11) is 0. The Kier molecular flexibility index (Phi) is 5.03. The van der Waals surface area contributed by atoms with E-state index < -0.39 is 11.9 Å². The maximum absolute atomic E-state index is 12.0. The molecule has 0 spiro atoms. The predicted molar refractivity (Wildman–Crippen MR) is 77.1 cm³/mol. The number of aliphatic carboxylic acids is 1. The molecule has 6 heteroatoms. The first-order valence-electron chi connectivity index (χ1n) is 7.10. The minimum absolute atomic E-state index is 0.208. The van der Waals surface area contributed by atoms with E-state index >= 15 is 0 Å². The van der Waals surface area contributed by atoms with Crippen LogP contribution in [0.25, 0.3) is 0 Å². The minimum atomic E-state index is -0.840. The highest BCUT2D eigenvalue weighted by atomic mass is 16.4. The molecule has 21 heavy (non-hydrogen) atoms. The Morgan fingerprint density at radius 1 is 1.38 bits per heavy atom. The Morgan fingerprint density at radius 3 is 2.90 bits per heavy atom. The van der Waals surface area contributed by atoms with E-state index in [0.717, 1.165) is 12.0 Å². The summed E-state index contributed by atoms with van der Waals surface area (Å²) in [5.74, 6) is -1.10. The van der Waals surface area contributed by atoms with Gasteiger partial charge in [-0.05, 0) is 37.0 Å². The van der Waals surface area contributed by atoms with Gasteiger partial charge in [-0.2, -0.15) is 0 Å². The molecule has 1 aromatic carbocycles. The first-order chi connectivity index (χ1) is 10.1. The maximum atomic E-state index is 12.0. The molecule has 1 saturated heterocycles. The normalized spacial score (nSPS) is 18.3. The second-order valence-electron chi connectivity index (χ2n) is 5.28. The van der Waals surface area contributed by atoms with Gasteiger partial charge in [0.2, 0.25) is 0 Å². The summed E-state index contributed by atoms with van der Waals surface area (Å²) in [5.41, 5.74) is 0.942. The zero-order valence-corrected chi connectivity index (χ0v) is 11.8. The fraction of sp³-hybridized carbons (Fsp3) is 0.467. The Hall–Kier alpha value is -2.24. The largest absolute Gasteiger partial charge is 0.508 e. The number of nitrogens with one attached hydrogen (secondary N) is 1. The molecule has 2 rings (SSSR count). The number of likely N-dealkylation sites (tertiary alicyclic amines) is 1. The van der Waals surface area contributed by atoms with Crippen LogP contribution in [0.15, 0.2) is 24.3 Å². The van der Waals surface area contributed by atoms with Crippen molar-refractivity contribution in [1.82, 2.24) is 10.2 Å². The molecule has 1 atom stereocenters. The van der Waals surface area contributed by atoms with Crippen molar-refractivity contribution < 1.29 is 19.8 Å². The van der Waals surface area contributed by atoms with Gasteiger partial charge in [0.05, 0.1) is 5.92 Å². The third kappa shape index (κ3) is 4.37. The zero-order chi connectivity index (χ0) is 15.2. The fourth-order valence-electron chi connectivity index (χ4n) is 2.50. The lowest BCUT2D eigenvalue weighted by atomic mass is 9.99. The van der Waals surface area contributed by atoms with Crippen LogP contribution in [0.2, 0.25) is 0 Å². The fourth-order valence-corrected chi connectivity index (χ4v) is 2.50. The number of aromatic hydroxyl groups is 1. The van der Waals surface area contributed by atoms with E-state index in [1.165, 1.54) is 0 Å². The van der Waals surface area contributed by atoms with E-state index in [0.29, 0.717) is 25.9 Å². The van der Waals surface area contributed by atoms with Crippen LogP contribution < -0.4 is 5.32 Å². The summed E-state index contributed by atoms with van der Waals surface area (Å²) in [6.07, 6.45) is 1.97. The number of urea groups is 1. The number of nitrogens with zero attached hydrogens (tertiary/aromatic N) is 1. The number of amides is 2. The summed E-state index contributed by atoms with van der Waals surface area (Å²) in [6.45, 7) is 1.32. The SMILES string of the molecule is O=C(O)C1CCCN(C(=O)NCCc2cccc(O)c2)C1. The van der Waals surface area contributed by atoms with Gasteiger partial charge in [0.15, 0.2) is 0 Å². The number of hydrogen-bond acceptors (Lipinski definition) is 3. The van der Waals surface area contributed by atoms with Gasteiger partial charge in [-0.25, -0.2) is 4.79 Å². The highest BCUT2D eigenvalue weighted by Gasteiger charge is 2.27. The van der Waals surface area contributed by atoms with Gasteiger partial charge in [-0.15, -0.1) is 0 Å². The number of phenolic OH excluding ortho intramolecular Hbond substituents is 1. The van der Waals surface area contributed by atoms with Crippen LogP contribution in [0.1, 0.15) is 18.4 Å². The van der Waals surface area contributed by atoms with Crippen molar-refractivity contribution in [3.8, 4) is 5.75 Å². The molecule has 2 amide bonds. The third-order valence-corrected chi connectivity index (χ3v) is 3.66. The number of benzene rings is 1. The van der Waals surface area contributed by atoms with Crippen LogP contribution in [-0.4, -0.2) is 46.7 Å². The molecule has 0 aromatic heterocycles. The monoisotopic (exact) mass is 292 g/mol. The summed E-state index contributed by atoms with van der Waals surface area (Å²) < 4.78 is 0. The van der Waals surface area contributed by atoms with Crippen molar-refractivity contribution in [2.75, 3.05) is 19.6 Å². The molecule has 1 aliphatic rings. The molecule has 0 radical (unpaired) electrons. The van der Waals surface area contributed by atoms with Gasteiger partial charge in [0, 0.05) is 19.6 Å². The van der Waals surface area contributed by atoms with Crippen LogP contribution >= 0.6 is 0 Å². The number of phenols is 1. The number of hydrogen-bond donors (Lipinski definition) is 3. The van der Waals surface area contributed by atoms with Crippen molar-refractivity contribution in [2.24, 2.45) is 5.92 Å². The maximum Gasteiger partial charge on any atom is 0.317 e. The minimum Gasteiger partial charge on any atom is -0.508 e. The topological polar surface area (TPSA) is 89.9 Å². The highest BCUT2D eigenvalue weighted by molar-refractivity contribution is 5.76. The number of carbonyl (C=O) groups excluding carboxylic acids is 1. The number of carboxylic acid groups (broad SMARTS) is 1.